The van der Waals surface area contributed by atoms with Gasteiger partial charge >= 0.3 is 0 Å². The number of nitrogens with one attached hydrogen (secondary N) is 1. The van der Waals surface area contributed by atoms with Crippen molar-refractivity contribution < 1.29 is 17.5 Å². The lowest BCUT2D eigenvalue weighted by Crippen LogP contribution is -2.19. The van der Waals surface area contributed by atoms with Crippen LogP contribution < -0.4 is 10.1 Å². The van der Waals surface area contributed by atoms with Gasteiger partial charge in [-0.2, -0.15) is 0 Å². The summed E-state index contributed by atoms with van der Waals surface area (Å²) in [6, 6.07) is 7.55. The molecule has 0 aliphatic carbocycles. The van der Waals surface area contributed by atoms with E-state index in [0.29, 0.717) is 17.9 Å². The first-order valence-electron chi connectivity index (χ1n) is 7.03. The minimum absolute atomic E-state index is 0.161. The Kier molecular flexibility index (Phi) is 5.33. The smallest absolute Gasteiger partial charge is 0.178 e. The number of methoxy groups -OCH3 is 1. The zero-order valence-corrected chi connectivity index (χ0v) is 14.0. The number of aromatic nitrogens is 1. The summed E-state index contributed by atoms with van der Waals surface area (Å²) in [5, 5.41) is 3.22. The minimum Gasteiger partial charge on any atom is -0.497 e. The maximum Gasteiger partial charge on any atom is 0.178 e. The first-order chi connectivity index (χ1) is 10.8. The Hall–Kier alpha value is -1.99. The van der Waals surface area contributed by atoms with E-state index in [1.54, 1.807) is 25.4 Å². The molecule has 0 saturated carbocycles. The maximum atomic E-state index is 13.9. The van der Waals surface area contributed by atoms with Gasteiger partial charge in [0.15, 0.2) is 9.84 Å². The molecule has 0 aliphatic heterocycles. The fourth-order valence-electron chi connectivity index (χ4n) is 2.14. The number of pyridine rings is 1. The van der Waals surface area contributed by atoms with Gasteiger partial charge in [0.1, 0.15) is 16.5 Å². The maximum absolute atomic E-state index is 13.9. The molecule has 7 heteroatoms. The zero-order chi connectivity index (χ0) is 17.0. The number of hydrogen-bond acceptors (Lipinski definition) is 5. The molecule has 0 bridgehead atoms. The summed E-state index contributed by atoms with van der Waals surface area (Å²) in [6.45, 7) is 2.35. The van der Waals surface area contributed by atoms with Crippen LogP contribution in [0.3, 0.4) is 0 Å². The normalized spacial score (nSPS) is 12.9. The predicted molar refractivity (Wildman–Crippen MR) is 85.6 cm³/mol. The van der Waals surface area contributed by atoms with Gasteiger partial charge in [-0.3, -0.25) is 4.98 Å². The Morgan fingerprint density at radius 2 is 2.04 bits per heavy atom. The van der Waals surface area contributed by atoms with Gasteiger partial charge in [0.2, 0.25) is 0 Å². The Morgan fingerprint density at radius 3 is 2.65 bits per heavy atom. The van der Waals surface area contributed by atoms with Crippen molar-refractivity contribution in [3.63, 3.8) is 0 Å². The molecule has 1 aromatic heterocycles. The van der Waals surface area contributed by atoms with Crippen molar-refractivity contribution in [2.24, 2.45) is 0 Å². The SMILES string of the molecule is COc1ccnc(CN[C@@H](C)c2ccc(S(C)(=O)=O)c(F)c2)c1. The van der Waals surface area contributed by atoms with E-state index in [-0.39, 0.29) is 10.9 Å². The van der Waals surface area contributed by atoms with E-state index in [1.165, 1.54) is 12.1 Å². The van der Waals surface area contributed by atoms with Crippen molar-refractivity contribution in [1.82, 2.24) is 10.3 Å². The average Bonchev–Trinajstić information content (AvgIpc) is 2.51. The van der Waals surface area contributed by atoms with E-state index < -0.39 is 15.7 Å². The highest BCUT2D eigenvalue weighted by molar-refractivity contribution is 7.90. The highest BCUT2D eigenvalue weighted by Gasteiger charge is 2.15. The van der Waals surface area contributed by atoms with Crippen molar-refractivity contribution in [1.29, 1.82) is 0 Å². The summed E-state index contributed by atoms with van der Waals surface area (Å²) in [6.07, 6.45) is 2.64. The molecule has 0 aliphatic rings. The van der Waals surface area contributed by atoms with Crippen LogP contribution in [0.1, 0.15) is 24.2 Å². The van der Waals surface area contributed by atoms with E-state index in [9.17, 15) is 12.8 Å². The Labute approximate surface area is 135 Å². The first kappa shape index (κ1) is 17.4. The molecule has 0 amide bonds. The summed E-state index contributed by atoms with van der Waals surface area (Å²) < 4.78 is 41.9. The highest BCUT2D eigenvalue weighted by atomic mass is 32.2. The van der Waals surface area contributed by atoms with Crippen molar-refractivity contribution in [2.45, 2.75) is 24.4 Å². The molecule has 2 aromatic rings. The van der Waals surface area contributed by atoms with E-state index in [2.05, 4.69) is 10.3 Å². The lowest BCUT2D eigenvalue weighted by Gasteiger charge is -2.15. The summed E-state index contributed by atoms with van der Waals surface area (Å²) in [5.41, 5.74) is 1.46. The van der Waals surface area contributed by atoms with Gasteiger partial charge in [-0.1, -0.05) is 6.07 Å². The highest BCUT2D eigenvalue weighted by Crippen LogP contribution is 2.20. The van der Waals surface area contributed by atoms with Crippen LogP contribution in [0.15, 0.2) is 41.4 Å². The average molecular weight is 338 g/mol. The molecule has 0 unspecified atom stereocenters. The Morgan fingerprint density at radius 1 is 1.30 bits per heavy atom. The van der Waals surface area contributed by atoms with Gasteiger partial charge in [-0.25, -0.2) is 12.8 Å². The number of hydrogen-bond donors (Lipinski definition) is 1. The van der Waals surface area contributed by atoms with Gasteiger partial charge in [0.05, 0.1) is 12.8 Å². The van der Waals surface area contributed by atoms with Crippen molar-refractivity contribution >= 4 is 9.84 Å². The molecular weight excluding hydrogens is 319 g/mol. The number of ether oxygens (including phenoxy) is 1. The van der Waals surface area contributed by atoms with Crippen LogP contribution in [0.5, 0.6) is 5.75 Å². The van der Waals surface area contributed by atoms with Gasteiger partial charge in [-0.05, 0) is 30.7 Å². The third-order valence-corrected chi connectivity index (χ3v) is 4.60. The van der Waals surface area contributed by atoms with Crippen LogP contribution in [0.25, 0.3) is 0 Å². The molecular formula is C16H19FN2O3S. The van der Waals surface area contributed by atoms with E-state index in [4.69, 9.17) is 4.74 Å². The molecule has 1 aromatic carbocycles. The second-order valence-electron chi connectivity index (χ2n) is 5.25. The molecule has 0 spiro atoms. The number of rotatable bonds is 6. The van der Waals surface area contributed by atoms with Crippen LogP contribution in [0.4, 0.5) is 4.39 Å². The molecule has 1 N–H and O–H groups in total. The van der Waals surface area contributed by atoms with Crippen molar-refractivity contribution in [3.8, 4) is 5.75 Å². The zero-order valence-electron chi connectivity index (χ0n) is 13.2. The third kappa shape index (κ3) is 4.49. The fourth-order valence-corrected chi connectivity index (χ4v) is 2.87. The van der Waals surface area contributed by atoms with E-state index in [0.717, 1.165) is 11.9 Å². The Bertz CT molecular complexity index is 794. The molecule has 2 rings (SSSR count). The molecule has 0 radical (unpaired) electrons. The lowest BCUT2D eigenvalue weighted by molar-refractivity contribution is 0.413. The van der Waals surface area contributed by atoms with Gasteiger partial charge in [-0.15, -0.1) is 0 Å². The number of sulfone groups is 1. The first-order valence-corrected chi connectivity index (χ1v) is 8.92. The van der Waals surface area contributed by atoms with Crippen LogP contribution in [-0.4, -0.2) is 26.8 Å². The summed E-state index contributed by atoms with van der Waals surface area (Å²) in [5.74, 6) is -0.0221. The van der Waals surface area contributed by atoms with Crippen LogP contribution >= 0.6 is 0 Å². The van der Waals surface area contributed by atoms with Crippen molar-refractivity contribution in [3.05, 3.63) is 53.6 Å². The topological polar surface area (TPSA) is 68.3 Å². The quantitative estimate of drug-likeness (QED) is 0.876. The minimum atomic E-state index is -3.56. The second-order valence-corrected chi connectivity index (χ2v) is 7.24. The van der Waals surface area contributed by atoms with Crippen molar-refractivity contribution in [2.75, 3.05) is 13.4 Å². The monoisotopic (exact) mass is 338 g/mol. The molecule has 0 saturated heterocycles. The Balaban J connectivity index is 2.09. The second kappa shape index (κ2) is 7.06. The fraction of sp³-hybridized carbons (Fsp3) is 0.312. The van der Waals surface area contributed by atoms with Gasteiger partial charge in [0, 0.05) is 31.1 Å². The number of nitrogens with zero attached hydrogens (tertiary/aromatic N) is 1. The van der Waals surface area contributed by atoms with Crippen LogP contribution in [0.2, 0.25) is 0 Å². The largest absolute Gasteiger partial charge is 0.497 e. The summed E-state index contributed by atoms with van der Waals surface area (Å²) in [7, 11) is -1.97. The molecule has 23 heavy (non-hydrogen) atoms. The van der Waals surface area contributed by atoms with E-state index >= 15 is 0 Å². The number of halogens is 1. The third-order valence-electron chi connectivity index (χ3n) is 3.47. The molecule has 124 valence electrons. The predicted octanol–water partition coefficient (Wildman–Crippen LogP) is 2.48. The van der Waals surface area contributed by atoms with Gasteiger partial charge < -0.3 is 10.1 Å². The molecule has 1 heterocycles. The van der Waals surface area contributed by atoms with Crippen LogP contribution in [-0.2, 0) is 16.4 Å². The molecule has 0 fully saturated rings. The molecule has 1 atom stereocenters. The van der Waals surface area contributed by atoms with E-state index in [1.807, 2.05) is 13.0 Å². The van der Waals surface area contributed by atoms with Crippen LogP contribution in [0, 0.1) is 5.82 Å². The van der Waals surface area contributed by atoms with Gasteiger partial charge in [0.25, 0.3) is 0 Å². The standard InChI is InChI=1S/C16H19FN2O3S/c1-11(19-10-13-9-14(22-2)6-7-18-13)12-4-5-16(15(17)8-12)23(3,20)21/h4-9,11,19H,10H2,1-3H3/t11-/m0/s1. The molecule has 5 nitrogen and oxygen atoms in total. The number of benzene rings is 1. The summed E-state index contributed by atoms with van der Waals surface area (Å²) >= 11 is 0. The summed E-state index contributed by atoms with van der Waals surface area (Å²) in [4.78, 5) is 3.93. The lowest BCUT2D eigenvalue weighted by atomic mass is 10.1.